The molecule has 1 fully saturated rings. The molecular weight excluding hydrogens is 522 g/mol. The molecule has 0 aromatic heterocycles. The fourth-order valence-electron chi connectivity index (χ4n) is 2.98. The summed E-state index contributed by atoms with van der Waals surface area (Å²) in [5.74, 6) is -1.32. The minimum absolute atomic E-state index is 0.000771. The summed E-state index contributed by atoms with van der Waals surface area (Å²) in [6.07, 6.45) is -13.7. The Bertz CT molecular complexity index is 770. The van der Waals surface area contributed by atoms with Crippen LogP contribution in [0.4, 0.5) is 0 Å². The SMILES string of the molecule is CCCC(=O)OCC(COP(=O)(O)OC1C(O)C(O)C(OP(=O)(O)O)C(O)C1O)OC(=O)CCC. The highest BCUT2D eigenvalue weighted by molar-refractivity contribution is 7.47. The maximum Gasteiger partial charge on any atom is 0.472 e. The van der Waals surface area contributed by atoms with E-state index in [0.717, 1.165) is 0 Å². The zero-order valence-corrected chi connectivity index (χ0v) is 20.8. The van der Waals surface area contributed by atoms with Gasteiger partial charge in [-0.1, -0.05) is 13.8 Å². The van der Waals surface area contributed by atoms with Gasteiger partial charge in [0.1, 0.15) is 43.2 Å². The molecule has 0 aromatic rings. The van der Waals surface area contributed by atoms with Gasteiger partial charge in [-0.15, -0.1) is 0 Å². The van der Waals surface area contributed by atoms with Gasteiger partial charge in [-0.25, -0.2) is 9.13 Å². The van der Waals surface area contributed by atoms with E-state index >= 15 is 0 Å². The van der Waals surface area contributed by atoms with E-state index in [9.17, 15) is 44.0 Å². The second-order valence-electron chi connectivity index (χ2n) is 7.65. The molecular formula is C17H32O16P2. The Hall–Kier alpha value is -1.00. The highest BCUT2D eigenvalue weighted by Crippen LogP contribution is 2.48. The average molecular weight is 554 g/mol. The van der Waals surface area contributed by atoms with Crippen LogP contribution < -0.4 is 0 Å². The van der Waals surface area contributed by atoms with E-state index < -0.39 is 83.5 Å². The Morgan fingerprint density at radius 2 is 1.23 bits per heavy atom. The lowest BCUT2D eigenvalue weighted by atomic mass is 9.85. The fraction of sp³-hybridized carbons (Fsp3) is 0.882. The van der Waals surface area contributed by atoms with Crippen LogP contribution in [-0.2, 0) is 41.8 Å². The minimum atomic E-state index is -5.27. The van der Waals surface area contributed by atoms with Crippen molar-refractivity contribution in [1.29, 1.82) is 0 Å². The first-order valence-corrected chi connectivity index (χ1v) is 13.6. The Morgan fingerprint density at radius 1 is 0.771 bits per heavy atom. The summed E-state index contributed by atoms with van der Waals surface area (Å²) in [5.41, 5.74) is 0. The molecule has 1 saturated carbocycles. The largest absolute Gasteiger partial charge is 0.472 e. The molecule has 1 aliphatic carbocycles. The number of aliphatic hydroxyl groups is 4. The summed E-state index contributed by atoms with van der Waals surface area (Å²) < 4.78 is 46.9. The van der Waals surface area contributed by atoms with Crippen LogP contribution in [0.15, 0.2) is 0 Å². The van der Waals surface area contributed by atoms with E-state index in [-0.39, 0.29) is 12.8 Å². The first kappa shape index (κ1) is 32.0. The zero-order valence-electron chi connectivity index (χ0n) is 19.0. The average Bonchev–Trinajstić information content (AvgIpc) is 2.74. The summed E-state index contributed by atoms with van der Waals surface area (Å²) in [4.78, 5) is 51.1. The third-order valence-electron chi connectivity index (χ3n) is 4.62. The number of esters is 2. The third kappa shape index (κ3) is 10.9. The van der Waals surface area contributed by atoms with Gasteiger partial charge in [-0.05, 0) is 12.8 Å². The summed E-state index contributed by atoms with van der Waals surface area (Å²) in [6, 6.07) is 0. The van der Waals surface area contributed by atoms with Crippen LogP contribution in [-0.4, -0.2) is 103 Å². The molecule has 16 nitrogen and oxygen atoms in total. The van der Waals surface area contributed by atoms with Crippen LogP contribution in [0.3, 0.4) is 0 Å². The van der Waals surface area contributed by atoms with Gasteiger partial charge >= 0.3 is 27.6 Å². The third-order valence-corrected chi connectivity index (χ3v) is 6.12. The second kappa shape index (κ2) is 14.1. The molecule has 35 heavy (non-hydrogen) atoms. The molecule has 0 saturated heterocycles. The molecule has 0 heterocycles. The first-order valence-electron chi connectivity index (χ1n) is 10.6. The lowest BCUT2D eigenvalue weighted by molar-refractivity contribution is -0.216. The number of phosphoric ester groups is 2. The van der Waals surface area contributed by atoms with Crippen LogP contribution in [0, 0.1) is 0 Å². The molecule has 0 aromatic carbocycles. The number of hydrogen-bond acceptors (Lipinski definition) is 13. The highest BCUT2D eigenvalue weighted by Gasteiger charge is 2.54. The number of aliphatic hydroxyl groups excluding tert-OH is 4. The van der Waals surface area contributed by atoms with E-state index in [4.69, 9.17) is 23.8 Å². The normalized spacial score (nSPS) is 29.7. The second-order valence-corrected chi connectivity index (χ2v) is 10.3. The van der Waals surface area contributed by atoms with Gasteiger partial charge in [-0.2, -0.15) is 0 Å². The molecule has 0 amide bonds. The van der Waals surface area contributed by atoms with Gasteiger partial charge in [0.05, 0.1) is 6.61 Å². The molecule has 0 bridgehead atoms. The van der Waals surface area contributed by atoms with Crippen LogP contribution in [0.25, 0.3) is 0 Å². The van der Waals surface area contributed by atoms with Crippen LogP contribution in [0.1, 0.15) is 39.5 Å². The van der Waals surface area contributed by atoms with Gasteiger partial charge in [0.2, 0.25) is 0 Å². The topological polar surface area (TPSA) is 256 Å². The quantitative estimate of drug-likeness (QED) is 0.0950. The standard InChI is InChI=1S/C17H32O16P2/c1-3-5-10(18)29-7-9(31-11(19)6-4-2)8-30-35(27,28)33-17-14(22)12(20)16(13(21)15(17)23)32-34(24,25)26/h9,12-17,20-23H,3-8H2,1-2H3,(H,27,28)(H2,24,25,26). The van der Waals surface area contributed by atoms with E-state index in [1.807, 2.05) is 0 Å². The maximum atomic E-state index is 12.4. The zero-order chi connectivity index (χ0) is 27.0. The predicted octanol–water partition coefficient (Wildman–Crippen LogP) is -1.52. The van der Waals surface area contributed by atoms with Crippen molar-refractivity contribution < 1.29 is 76.9 Å². The summed E-state index contributed by atoms with van der Waals surface area (Å²) in [7, 11) is -10.5. The lowest BCUT2D eigenvalue weighted by Gasteiger charge is -2.43. The van der Waals surface area contributed by atoms with Crippen LogP contribution in [0.5, 0.6) is 0 Å². The Labute approximate surface area is 200 Å². The molecule has 0 aliphatic heterocycles. The van der Waals surface area contributed by atoms with Crippen molar-refractivity contribution in [2.75, 3.05) is 13.2 Å². The number of ether oxygens (including phenoxy) is 2. The number of hydrogen-bond donors (Lipinski definition) is 7. The van der Waals surface area contributed by atoms with Gasteiger partial charge in [-0.3, -0.25) is 23.2 Å². The highest BCUT2D eigenvalue weighted by atomic mass is 31.2. The Morgan fingerprint density at radius 3 is 1.69 bits per heavy atom. The smallest absolute Gasteiger partial charge is 0.462 e. The number of carbonyl (C=O) groups excluding carboxylic acids is 2. The van der Waals surface area contributed by atoms with Crippen molar-refractivity contribution in [3.8, 4) is 0 Å². The van der Waals surface area contributed by atoms with E-state index in [2.05, 4.69) is 9.05 Å². The summed E-state index contributed by atoms with van der Waals surface area (Å²) in [6.45, 7) is 2.09. The molecule has 0 spiro atoms. The fourth-order valence-corrected chi connectivity index (χ4v) is 4.52. The van der Waals surface area contributed by atoms with Crippen molar-refractivity contribution in [2.24, 2.45) is 0 Å². The monoisotopic (exact) mass is 554 g/mol. The molecule has 6 unspecified atom stereocenters. The van der Waals surface area contributed by atoms with Crippen LogP contribution in [0.2, 0.25) is 0 Å². The molecule has 18 heteroatoms. The van der Waals surface area contributed by atoms with Gasteiger partial charge in [0.25, 0.3) is 0 Å². The number of carbonyl (C=O) groups is 2. The van der Waals surface area contributed by atoms with Gasteiger partial charge in [0.15, 0.2) is 6.10 Å². The minimum Gasteiger partial charge on any atom is -0.462 e. The van der Waals surface area contributed by atoms with Gasteiger partial charge < -0.3 is 44.6 Å². The summed E-state index contributed by atoms with van der Waals surface area (Å²) >= 11 is 0. The molecule has 0 radical (unpaired) electrons. The molecule has 7 N–H and O–H groups in total. The van der Waals surface area contributed by atoms with Crippen molar-refractivity contribution in [1.82, 2.24) is 0 Å². The molecule has 206 valence electrons. The van der Waals surface area contributed by atoms with E-state index in [1.165, 1.54) is 0 Å². The van der Waals surface area contributed by atoms with Gasteiger partial charge in [0, 0.05) is 12.8 Å². The van der Waals surface area contributed by atoms with Crippen molar-refractivity contribution in [2.45, 2.75) is 82.3 Å². The van der Waals surface area contributed by atoms with E-state index in [0.29, 0.717) is 12.8 Å². The number of rotatable bonds is 14. The first-order chi connectivity index (χ1) is 16.1. The maximum absolute atomic E-state index is 12.4. The van der Waals surface area contributed by atoms with E-state index in [1.54, 1.807) is 13.8 Å². The molecule has 1 rings (SSSR count). The molecule has 1 aliphatic rings. The predicted molar refractivity (Wildman–Crippen MR) is 112 cm³/mol. The Balaban J connectivity index is 2.85. The van der Waals surface area contributed by atoms with Crippen molar-refractivity contribution in [3.05, 3.63) is 0 Å². The lowest BCUT2D eigenvalue weighted by Crippen LogP contribution is -2.64. The summed E-state index contributed by atoms with van der Waals surface area (Å²) in [5, 5.41) is 40.2. The molecule has 6 atom stereocenters. The van der Waals surface area contributed by atoms with Crippen molar-refractivity contribution in [3.63, 3.8) is 0 Å². The Kier molecular flexibility index (Phi) is 12.9. The van der Waals surface area contributed by atoms with Crippen LogP contribution >= 0.6 is 15.6 Å². The van der Waals surface area contributed by atoms with Crippen molar-refractivity contribution >= 4 is 27.6 Å². The number of phosphoric acid groups is 2.